The summed E-state index contributed by atoms with van der Waals surface area (Å²) in [7, 11) is -9.29. The number of hydrogen-bond donors (Lipinski definition) is 0. The Hall–Kier alpha value is -4.16. The fraction of sp³-hybridized carbons (Fsp3) is 0.0714. The second kappa shape index (κ2) is 10.5. The third kappa shape index (κ3) is 5.00. The minimum absolute atomic E-state index is 0.125. The first-order chi connectivity index (χ1) is 18.7. The van der Waals surface area contributed by atoms with Crippen molar-refractivity contribution in [3.63, 3.8) is 0 Å². The first kappa shape index (κ1) is 26.4. The second-order valence-electron chi connectivity index (χ2n) is 8.55. The van der Waals surface area contributed by atoms with Crippen molar-refractivity contribution < 1.29 is 31.3 Å². The van der Waals surface area contributed by atoms with Crippen LogP contribution in [0.2, 0.25) is 0 Å². The van der Waals surface area contributed by atoms with Crippen molar-refractivity contribution in [2.75, 3.05) is 6.54 Å². The molecule has 1 aliphatic rings. The molecule has 9 nitrogen and oxygen atoms in total. The number of carbonyl (C=O) groups excluding carboxylic acids is 2. The Balaban J connectivity index is 1.60. The van der Waals surface area contributed by atoms with E-state index in [1.165, 1.54) is 60.7 Å². The van der Waals surface area contributed by atoms with E-state index < -0.39 is 44.5 Å². The number of fused-ring (bicyclic) bond motifs is 1. The van der Waals surface area contributed by atoms with E-state index in [1.54, 1.807) is 54.6 Å². The van der Waals surface area contributed by atoms with Crippen molar-refractivity contribution in [3.05, 3.63) is 132 Å². The summed E-state index contributed by atoms with van der Waals surface area (Å²) in [5.74, 6) is -1.47. The fourth-order valence-corrected chi connectivity index (χ4v) is 7.82. The lowest BCUT2D eigenvalue weighted by Crippen LogP contribution is -2.42. The molecule has 0 N–H and O–H groups in total. The molecule has 0 radical (unpaired) electrons. The summed E-state index contributed by atoms with van der Waals surface area (Å²) in [5, 5.41) is 0.546. The van der Waals surface area contributed by atoms with E-state index in [0.29, 0.717) is 14.3 Å². The van der Waals surface area contributed by atoms with Gasteiger partial charge in [-0.05, 0) is 42.0 Å². The predicted molar refractivity (Wildman–Crippen MR) is 141 cm³/mol. The first-order valence-corrected chi connectivity index (χ1v) is 14.7. The van der Waals surface area contributed by atoms with Crippen LogP contribution >= 0.6 is 0 Å². The monoisotopic (exact) mass is 562 g/mol. The van der Waals surface area contributed by atoms with Gasteiger partial charge >= 0.3 is 0 Å². The van der Waals surface area contributed by atoms with Gasteiger partial charge in [0.2, 0.25) is 0 Å². The molecule has 39 heavy (non-hydrogen) atoms. The molecule has 1 unspecified atom stereocenters. The maximum absolute atomic E-state index is 13.8. The number of imide groups is 1. The van der Waals surface area contributed by atoms with Gasteiger partial charge in [0.05, 0.1) is 27.5 Å². The van der Waals surface area contributed by atoms with Crippen LogP contribution in [0, 0.1) is 0 Å². The van der Waals surface area contributed by atoms with Gasteiger partial charge < -0.3 is 0 Å². The van der Waals surface area contributed by atoms with Crippen LogP contribution in [0.15, 0.2) is 125 Å². The van der Waals surface area contributed by atoms with Crippen molar-refractivity contribution in [3.8, 4) is 0 Å². The van der Waals surface area contributed by atoms with Crippen LogP contribution in [-0.2, 0) is 24.9 Å². The number of carbonyl (C=O) groups is 2. The van der Waals surface area contributed by atoms with Gasteiger partial charge in [-0.1, -0.05) is 82.6 Å². The summed E-state index contributed by atoms with van der Waals surface area (Å²) in [5.41, 5.74) is 0.602. The molecule has 0 saturated heterocycles. The van der Waals surface area contributed by atoms with Gasteiger partial charge in [-0.2, -0.15) is 0 Å². The van der Waals surface area contributed by atoms with Crippen LogP contribution in [0.3, 0.4) is 0 Å². The zero-order valence-corrected chi connectivity index (χ0v) is 22.0. The first-order valence-electron chi connectivity index (χ1n) is 11.8. The largest absolute Gasteiger partial charge is 0.285 e. The van der Waals surface area contributed by atoms with Crippen LogP contribution in [-0.4, -0.2) is 44.0 Å². The molecule has 0 aromatic heterocycles. The summed E-state index contributed by atoms with van der Waals surface area (Å²) in [6.07, 6.45) is -1.36. The Morgan fingerprint density at radius 1 is 0.590 bits per heavy atom. The number of sulfonamides is 2. The lowest BCUT2D eigenvalue weighted by Gasteiger charge is -2.28. The predicted octanol–water partition coefficient (Wildman–Crippen LogP) is 4.04. The molecule has 4 aromatic rings. The van der Waals surface area contributed by atoms with Crippen LogP contribution in [0.1, 0.15) is 32.4 Å². The highest BCUT2D eigenvalue weighted by Gasteiger charge is 2.42. The number of benzene rings is 4. The van der Waals surface area contributed by atoms with Gasteiger partial charge in [-0.15, -0.1) is 5.06 Å². The Bertz CT molecular complexity index is 1620. The molecule has 0 saturated carbocycles. The average molecular weight is 563 g/mol. The zero-order chi connectivity index (χ0) is 27.6. The van der Waals surface area contributed by atoms with Crippen LogP contribution in [0.25, 0.3) is 0 Å². The summed E-state index contributed by atoms with van der Waals surface area (Å²) < 4.78 is 55.6. The van der Waals surface area contributed by atoms with Gasteiger partial charge in [0.25, 0.3) is 31.9 Å². The Labute approximate surface area is 225 Å². The van der Waals surface area contributed by atoms with Crippen LogP contribution in [0.5, 0.6) is 0 Å². The molecule has 0 spiro atoms. The van der Waals surface area contributed by atoms with Gasteiger partial charge in [-0.3, -0.25) is 14.4 Å². The fourth-order valence-electron chi connectivity index (χ4n) is 4.14. The van der Waals surface area contributed by atoms with E-state index in [9.17, 15) is 26.4 Å². The lowest BCUT2D eigenvalue weighted by molar-refractivity contribution is -0.134. The van der Waals surface area contributed by atoms with Crippen molar-refractivity contribution in [1.82, 2.24) is 8.77 Å². The maximum atomic E-state index is 13.8. The van der Waals surface area contributed by atoms with Gasteiger partial charge in [0.1, 0.15) is 6.10 Å². The zero-order valence-electron chi connectivity index (χ0n) is 20.3. The third-order valence-electron chi connectivity index (χ3n) is 6.09. The van der Waals surface area contributed by atoms with E-state index in [-0.39, 0.29) is 20.9 Å². The molecule has 0 fully saturated rings. The molecule has 1 heterocycles. The molecular formula is C28H22N2O7S2. The average Bonchev–Trinajstić information content (AvgIpc) is 3.21. The van der Waals surface area contributed by atoms with E-state index in [0.717, 1.165) is 0 Å². The van der Waals surface area contributed by atoms with E-state index in [2.05, 4.69) is 0 Å². The van der Waals surface area contributed by atoms with Crippen molar-refractivity contribution >= 4 is 31.9 Å². The number of nitrogens with zero attached hydrogens (tertiary/aromatic N) is 2. The minimum Gasteiger partial charge on any atom is -0.266 e. The minimum atomic E-state index is -4.65. The highest BCUT2D eigenvalue weighted by molar-refractivity contribution is 8.04. The summed E-state index contributed by atoms with van der Waals surface area (Å²) in [6, 6.07) is 28.6. The quantitative estimate of drug-likeness (QED) is 0.283. The Kier molecular flexibility index (Phi) is 7.15. The topological polar surface area (TPSA) is 118 Å². The van der Waals surface area contributed by atoms with Crippen LogP contribution < -0.4 is 0 Å². The molecule has 0 bridgehead atoms. The van der Waals surface area contributed by atoms with Crippen molar-refractivity contribution in [2.24, 2.45) is 0 Å². The standard InChI is InChI=1S/C28H22N2O7S2/c31-27-24-18-10-11-19-25(24)28(32)30(27)37-26(21-12-4-1-5-13-21)20-29(38(33,34)22-14-6-2-7-15-22)39(35,36)23-16-8-3-9-17-23/h1-19,26H,20H2. The van der Waals surface area contributed by atoms with Gasteiger partial charge in [0.15, 0.2) is 0 Å². The summed E-state index contributed by atoms with van der Waals surface area (Å²) in [6.45, 7) is -0.758. The maximum Gasteiger partial charge on any atom is 0.285 e. The highest BCUT2D eigenvalue weighted by atomic mass is 32.3. The highest BCUT2D eigenvalue weighted by Crippen LogP contribution is 2.32. The molecule has 2 amide bonds. The molecule has 0 aliphatic carbocycles. The van der Waals surface area contributed by atoms with Gasteiger partial charge in [-0.25, -0.2) is 16.8 Å². The molecule has 4 aromatic carbocycles. The van der Waals surface area contributed by atoms with Crippen LogP contribution in [0.4, 0.5) is 0 Å². The molecule has 1 atom stereocenters. The van der Waals surface area contributed by atoms with Crippen molar-refractivity contribution in [2.45, 2.75) is 15.9 Å². The van der Waals surface area contributed by atoms with E-state index >= 15 is 0 Å². The van der Waals surface area contributed by atoms with E-state index in [4.69, 9.17) is 4.84 Å². The third-order valence-corrected chi connectivity index (χ3v) is 10.4. The molecule has 1 aliphatic heterocycles. The Morgan fingerprint density at radius 2 is 0.974 bits per heavy atom. The molecular weight excluding hydrogens is 540 g/mol. The molecule has 11 heteroatoms. The number of amides is 2. The number of hydroxylamine groups is 2. The molecule has 5 rings (SSSR count). The van der Waals surface area contributed by atoms with E-state index in [1.807, 2.05) is 0 Å². The normalized spacial score (nSPS) is 14.4. The second-order valence-corrected chi connectivity index (χ2v) is 12.5. The number of rotatable bonds is 9. The smallest absolute Gasteiger partial charge is 0.266 e. The van der Waals surface area contributed by atoms with Crippen molar-refractivity contribution in [1.29, 1.82) is 0 Å². The Morgan fingerprint density at radius 3 is 1.41 bits per heavy atom. The SMILES string of the molecule is O=C1c2ccccc2C(=O)N1OC(CN(S(=O)(=O)c1ccccc1)S(=O)(=O)c1ccccc1)c1ccccc1. The van der Waals surface area contributed by atoms with Gasteiger partial charge in [0, 0.05) is 0 Å². The summed E-state index contributed by atoms with van der Waals surface area (Å²) in [4.78, 5) is 31.4. The number of hydrogen-bond acceptors (Lipinski definition) is 7. The lowest BCUT2D eigenvalue weighted by atomic mass is 10.1. The molecule has 198 valence electrons. The summed E-state index contributed by atoms with van der Waals surface area (Å²) >= 11 is 0.